The lowest BCUT2D eigenvalue weighted by Gasteiger charge is -2.26. The predicted molar refractivity (Wildman–Crippen MR) is 88.0 cm³/mol. The lowest BCUT2D eigenvalue weighted by Crippen LogP contribution is -2.39. The standard InChI is InChI=1S/C15H28N2O4S/c1-15(2,3)21-14(20)16-8-9-22-10-13(19)17-11-4-6-12(18)7-5-11/h11-12,18H,4-10H2,1-3H3,(H,16,20)(H,17,19). The summed E-state index contributed by atoms with van der Waals surface area (Å²) < 4.78 is 5.12. The van der Waals surface area contributed by atoms with Crippen molar-refractivity contribution >= 4 is 23.8 Å². The number of rotatable bonds is 6. The van der Waals surface area contributed by atoms with Crippen LogP contribution in [0.25, 0.3) is 0 Å². The molecule has 3 N–H and O–H groups in total. The number of carbonyl (C=O) groups is 2. The predicted octanol–water partition coefficient (Wildman–Crippen LogP) is 1.66. The Morgan fingerprint density at radius 1 is 1.23 bits per heavy atom. The molecule has 22 heavy (non-hydrogen) atoms. The monoisotopic (exact) mass is 332 g/mol. The second-order valence-corrected chi connectivity index (χ2v) is 7.66. The van der Waals surface area contributed by atoms with Crippen molar-refractivity contribution in [3.8, 4) is 0 Å². The van der Waals surface area contributed by atoms with Crippen LogP contribution in [0.2, 0.25) is 0 Å². The summed E-state index contributed by atoms with van der Waals surface area (Å²) >= 11 is 1.48. The Kier molecular flexibility index (Phi) is 8.03. The number of carbonyl (C=O) groups excluding carboxylic acids is 2. The van der Waals surface area contributed by atoms with Gasteiger partial charge in [-0.1, -0.05) is 0 Å². The van der Waals surface area contributed by atoms with Gasteiger partial charge < -0.3 is 20.5 Å². The third kappa shape index (κ3) is 9.15. The van der Waals surface area contributed by atoms with Crippen LogP contribution < -0.4 is 10.6 Å². The van der Waals surface area contributed by atoms with Crippen molar-refractivity contribution in [2.75, 3.05) is 18.1 Å². The first kappa shape index (κ1) is 19.1. The minimum atomic E-state index is -0.495. The fourth-order valence-electron chi connectivity index (χ4n) is 2.19. The van der Waals surface area contributed by atoms with Gasteiger partial charge in [-0.3, -0.25) is 4.79 Å². The molecule has 0 aromatic rings. The van der Waals surface area contributed by atoms with E-state index in [0.29, 0.717) is 18.1 Å². The molecule has 0 aromatic carbocycles. The zero-order valence-corrected chi connectivity index (χ0v) is 14.5. The zero-order chi connectivity index (χ0) is 16.6. The first-order chi connectivity index (χ1) is 10.3. The maximum Gasteiger partial charge on any atom is 0.407 e. The van der Waals surface area contributed by atoms with Crippen LogP contribution >= 0.6 is 11.8 Å². The van der Waals surface area contributed by atoms with Crippen molar-refractivity contribution < 1.29 is 19.4 Å². The van der Waals surface area contributed by atoms with Crippen LogP contribution in [0.1, 0.15) is 46.5 Å². The second-order valence-electron chi connectivity index (χ2n) is 6.55. The molecular weight excluding hydrogens is 304 g/mol. The summed E-state index contributed by atoms with van der Waals surface area (Å²) in [7, 11) is 0. The van der Waals surface area contributed by atoms with Gasteiger partial charge in [0.1, 0.15) is 5.60 Å². The Labute approximate surface area is 136 Å². The molecule has 1 saturated carbocycles. The number of nitrogens with one attached hydrogen (secondary N) is 2. The molecular formula is C15H28N2O4S. The Hall–Kier alpha value is -0.950. The summed E-state index contributed by atoms with van der Waals surface area (Å²) in [5.41, 5.74) is -0.495. The van der Waals surface area contributed by atoms with Gasteiger partial charge in [-0.25, -0.2) is 4.79 Å². The van der Waals surface area contributed by atoms with E-state index in [9.17, 15) is 14.7 Å². The molecule has 1 rings (SSSR count). The lowest BCUT2D eigenvalue weighted by molar-refractivity contribution is -0.119. The maximum atomic E-state index is 11.8. The summed E-state index contributed by atoms with van der Waals surface area (Å²) in [6.45, 7) is 5.92. The van der Waals surface area contributed by atoms with E-state index >= 15 is 0 Å². The fourth-order valence-corrected chi connectivity index (χ4v) is 2.85. The van der Waals surface area contributed by atoms with Crippen molar-refractivity contribution in [2.45, 2.75) is 64.2 Å². The molecule has 0 bridgehead atoms. The van der Waals surface area contributed by atoms with Gasteiger partial charge in [-0.2, -0.15) is 11.8 Å². The number of ether oxygens (including phenoxy) is 1. The molecule has 0 unspecified atom stereocenters. The maximum absolute atomic E-state index is 11.8. The number of thioether (sulfide) groups is 1. The molecule has 0 atom stereocenters. The highest BCUT2D eigenvalue weighted by molar-refractivity contribution is 7.99. The summed E-state index contributed by atoms with van der Waals surface area (Å²) in [6.07, 6.45) is 2.57. The van der Waals surface area contributed by atoms with Crippen LogP contribution in [0.4, 0.5) is 4.79 Å². The van der Waals surface area contributed by atoms with E-state index in [0.717, 1.165) is 25.7 Å². The lowest BCUT2D eigenvalue weighted by atomic mass is 9.93. The molecule has 1 aliphatic rings. The van der Waals surface area contributed by atoms with E-state index in [4.69, 9.17) is 4.74 Å². The molecule has 2 amide bonds. The van der Waals surface area contributed by atoms with E-state index in [-0.39, 0.29) is 18.1 Å². The van der Waals surface area contributed by atoms with E-state index in [2.05, 4.69) is 10.6 Å². The van der Waals surface area contributed by atoms with Crippen LogP contribution in [0.5, 0.6) is 0 Å². The Morgan fingerprint density at radius 2 is 1.86 bits per heavy atom. The fraction of sp³-hybridized carbons (Fsp3) is 0.867. The number of hydrogen-bond acceptors (Lipinski definition) is 5. The minimum Gasteiger partial charge on any atom is -0.444 e. The Bertz CT molecular complexity index is 363. The van der Waals surface area contributed by atoms with E-state index in [1.54, 1.807) is 0 Å². The summed E-state index contributed by atoms with van der Waals surface area (Å²) in [4.78, 5) is 23.2. The first-order valence-electron chi connectivity index (χ1n) is 7.78. The summed E-state index contributed by atoms with van der Waals surface area (Å²) in [6, 6.07) is 0.191. The number of hydrogen-bond donors (Lipinski definition) is 3. The van der Waals surface area contributed by atoms with Gasteiger partial charge in [-0.15, -0.1) is 0 Å². The van der Waals surface area contributed by atoms with Crippen LogP contribution in [0, 0.1) is 0 Å². The van der Waals surface area contributed by atoms with Crippen molar-refractivity contribution in [2.24, 2.45) is 0 Å². The molecule has 0 radical (unpaired) electrons. The van der Waals surface area contributed by atoms with Crippen LogP contribution in [0.3, 0.4) is 0 Å². The molecule has 7 heteroatoms. The minimum absolute atomic E-state index is 0.0173. The third-order valence-corrected chi connectivity index (χ3v) is 4.17. The number of amides is 2. The molecule has 1 aliphatic carbocycles. The molecule has 128 valence electrons. The molecule has 0 aliphatic heterocycles. The quantitative estimate of drug-likeness (QED) is 0.644. The van der Waals surface area contributed by atoms with Crippen LogP contribution in [-0.4, -0.2) is 52.9 Å². The summed E-state index contributed by atoms with van der Waals surface area (Å²) in [5, 5.41) is 15.1. The topological polar surface area (TPSA) is 87.7 Å². The molecule has 0 saturated heterocycles. The van der Waals surface area contributed by atoms with E-state index < -0.39 is 11.7 Å². The molecule has 1 fully saturated rings. The molecule has 0 spiro atoms. The highest BCUT2D eigenvalue weighted by Crippen LogP contribution is 2.18. The average molecular weight is 332 g/mol. The largest absolute Gasteiger partial charge is 0.444 e. The first-order valence-corrected chi connectivity index (χ1v) is 8.94. The second kappa shape index (κ2) is 9.25. The highest BCUT2D eigenvalue weighted by Gasteiger charge is 2.20. The van der Waals surface area contributed by atoms with Crippen molar-refractivity contribution in [3.63, 3.8) is 0 Å². The van der Waals surface area contributed by atoms with Gasteiger partial charge >= 0.3 is 6.09 Å². The molecule has 0 aromatic heterocycles. The van der Waals surface area contributed by atoms with Crippen molar-refractivity contribution in [1.29, 1.82) is 0 Å². The van der Waals surface area contributed by atoms with Gasteiger partial charge in [0.25, 0.3) is 0 Å². The van der Waals surface area contributed by atoms with E-state index in [1.807, 2.05) is 20.8 Å². The van der Waals surface area contributed by atoms with E-state index in [1.165, 1.54) is 11.8 Å². The normalized spacial score (nSPS) is 22.0. The van der Waals surface area contributed by atoms with Crippen LogP contribution in [-0.2, 0) is 9.53 Å². The SMILES string of the molecule is CC(C)(C)OC(=O)NCCSCC(=O)NC1CCC(O)CC1. The van der Waals surface area contributed by atoms with Gasteiger partial charge in [-0.05, 0) is 46.5 Å². The van der Waals surface area contributed by atoms with Crippen molar-refractivity contribution in [1.82, 2.24) is 10.6 Å². The average Bonchev–Trinajstić information content (AvgIpc) is 2.39. The van der Waals surface area contributed by atoms with Gasteiger partial charge in [0.2, 0.25) is 5.91 Å². The third-order valence-electron chi connectivity index (χ3n) is 3.21. The van der Waals surface area contributed by atoms with Gasteiger partial charge in [0.05, 0.1) is 11.9 Å². The Morgan fingerprint density at radius 3 is 2.45 bits per heavy atom. The number of aliphatic hydroxyl groups is 1. The van der Waals surface area contributed by atoms with Crippen LogP contribution in [0.15, 0.2) is 0 Å². The zero-order valence-electron chi connectivity index (χ0n) is 13.7. The van der Waals surface area contributed by atoms with Gasteiger partial charge in [0.15, 0.2) is 0 Å². The number of alkyl carbamates (subject to hydrolysis) is 1. The van der Waals surface area contributed by atoms with Crippen molar-refractivity contribution in [3.05, 3.63) is 0 Å². The molecule has 0 heterocycles. The molecule has 6 nitrogen and oxygen atoms in total. The Balaban J connectivity index is 2.02. The summed E-state index contributed by atoms with van der Waals surface area (Å²) in [5.74, 6) is 1.06. The number of aliphatic hydroxyl groups excluding tert-OH is 1. The smallest absolute Gasteiger partial charge is 0.407 e. The van der Waals surface area contributed by atoms with Gasteiger partial charge in [0, 0.05) is 18.3 Å². The highest BCUT2D eigenvalue weighted by atomic mass is 32.2.